The first-order valence-corrected chi connectivity index (χ1v) is 7.69. The van der Waals surface area contributed by atoms with Gasteiger partial charge in [-0.05, 0) is 30.5 Å². The fraction of sp³-hybridized carbons (Fsp3) is 0.462. The maximum atomic E-state index is 12.4. The van der Waals surface area contributed by atoms with Gasteiger partial charge in [-0.15, -0.1) is 0 Å². The van der Waals surface area contributed by atoms with Gasteiger partial charge in [0.1, 0.15) is 0 Å². The summed E-state index contributed by atoms with van der Waals surface area (Å²) in [4.78, 5) is 10.9. The number of anilines is 1. The lowest BCUT2D eigenvalue weighted by Crippen LogP contribution is -2.30. The van der Waals surface area contributed by atoms with Crippen molar-refractivity contribution < 1.29 is 18.3 Å². The van der Waals surface area contributed by atoms with E-state index in [4.69, 9.17) is 10.8 Å². The van der Waals surface area contributed by atoms with Gasteiger partial charge in [0.25, 0.3) is 0 Å². The molecule has 112 valence electrons. The molecule has 0 spiro atoms. The molecule has 0 unspecified atom stereocenters. The average Bonchev–Trinajstić information content (AvgIpc) is 2.35. The first kappa shape index (κ1) is 16.5. The number of hydrogen-bond donors (Lipinski definition) is 2. The maximum absolute atomic E-state index is 12.4. The average molecular weight is 300 g/mol. The third-order valence-electron chi connectivity index (χ3n) is 2.95. The summed E-state index contributed by atoms with van der Waals surface area (Å²) < 4.78 is 26.0. The summed E-state index contributed by atoms with van der Waals surface area (Å²) in [5.41, 5.74) is 5.52. The Labute approximate surface area is 119 Å². The van der Waals surface area contributed by atoms with E-state index in [1.807, 2.05) is 13.8 Å². The van der Waals surface area contributed by atoms with Crippen molar-refractivity contribution in [3.8, 4) is 0 Å². The van der Waals surface area contributed by atoms with Crippen LogP contribution in [0.2, 0.25) is 0 Å². The summed E-state index contributed by atoms with van der Waals surface area (Å²) in [6.45, 7) is 4.31. The third kappa shape index (κ3) is 3.71. The molecule has 0 radical (unpaired) electrons. The summed E-state index contributed by atoms with van der Waals surface area (Å²) in [6.07, 6.45) is 0.695. The number of hydrogen-bond acceptors (Lipinski definition) is 4. The van der Waals surface area contributed by atoms with E-state index in [1.165, 1.54) is 25.2 Å². The molecule has 0 aliphatic carbocycles. The molecule has 1 rings (SSSR count). The van der Waals surface area contributed by atoms with Crippen LogP contribution in [-0.4, -0.2) is 37.4 Å². The Balaban J connectivity index is 3.21. The number of carbonyl (C=O) groups is 1. The standard InChI is InChI=1S/C13H20N2O4S/c1-9(2)6-7-15(3)20(18,19)12-8-10(14)4-5-11(12)13(16)17/h4-5,8-9H,6-7,14H2,1-3H3,(H,16,17). The minimum absolute atomic E-state index is 0.214. The molecule has 20 heavy (non-hydrogen) atoms. The highest BCUT2D eigenvalue weighted by Gasteiger charge is 2.26. The molecule has 0 aliphatic heterocycles. The lowest BCUT2D eigenvalue weighted by atomic mass is 10.1. The molecule has 3 N–H and O–H groups in total. The molecule has 7 heteroatoms. The molecule has 1 aromatic carbocycles. The van der Waals surface area contributed by atoms with Gasteiger partial charge in [-0.1, -0.05) is 13.8 Å². The second-order valence-electron chi connectivity index (χ2n) is 5.07. The highest BCUT2D eigenvalue weighted by atomic mass is 32.2. The van der Waals surface area contributed by atoms with E-state index >= 15 is 0 Å². The number of carboxylic acid groups (broad SMARTS) is 1. The smallest absolute Gasteiger partial charge is 0.337 e. The minimum atomic E-state index is -3.86. The number of carboxylic acids is 1. The number of nitrogen functional groups attached to an aromatic ring is 1. The number of rotatable bonds is 6. The van der Waals surface area contributed by atoms with E-state index in [0.29, 0.717) is 18.9 Å². The number of sulfonamides is 1. The maximum Gasteiger partial charge on any atom is 0.337 e. The van der Waals surface area contributed by atoms with Crippen LogP contribution in [0.5, 0.6) is 0 Å². The molecular weight excluding hydrogens is 280 g/mol. The highest BCUT2D eigenvalue weighted by Crippen LogP contribution is 2.23. The van der Waals surface area contributed by atoms with Gasteiger partial charge >= 0.3 is 5.97 Å². The highest BCUT2D eigenvalue weighted by molar-refractivity contribution is 7.89. The van der Waals surface area contributed by atoms with Gasteiger partial charge in [0.2, 0.25) is 10.0 Å². The number of nitrogens with zero attached hydrogens (tertiary/aromatic N) is 1. The quantitative estimate of drug-likeness (QED) is 0.778. The van der Waals surface area contributed by atoms with Gasteiger partial charge in [-0.25, -0.2) is 17.5 Å². The van der Waals surface area contributed by atoms with Crippen LogP contribution in [0.1, 0.15) is 30.6 Å². The fourth-order valence-electron chi connectivity index (χ4n) is 1.66. The molecule has 0 amide bonds. The second kappa shape index (κ2) is 6.23. The van der Waals surface area contributed by atoms with Gasteiger partial charge < -0.3 is 10.8 Å². The molecule has 0 aliphatic rings. The first-order valence-electron chi connectivity index (χ1n) is 6.25. The van der Waals surface area contributed by atoms with Crippen LogP contribution in [0.3, 0.4) is 0 Å². The Kier molecular flexibility index (Phi) is 5.13. The van der Waals surface area contributed by atoms with Crippen molar-refractivity contribution in [2.75, 3.05) is 19.3 Å². The molecular formula is C13H20N2O4S. The Hall–Kier alpha value is -1.60. The zero-order valence-electron chi connectivity index (χ0n) is 11.8. The molecule has 0 atom stereocenters. The first-order chi connectivity index (χ1) is 9.16. The predicted molar refractivity (Wildman–Crippen MR) is 77.1 cm³/mol. The van der Waals surface area contributed by atoms with Gasteiger partial charge in [0.15, 0.2) is 0 Å². The van der Waals surface area contributed by atoms with E-state index in [1.54, 1.807) is 0 Å². The molecule has 1 aromatic rings. The Bertz CT molecular complexity index is 596. The van der Waals surface area contributed by atoms with Crippen molar-refractivity contribution in [3.05, 3.63) is 23.8 Å². The summed E-state index contributed by atoms with van der Waals surface area (Å²) >= 11 is 0. The summed E-state index contributed by atoms with van der Waals surface area (Å²) in [6, 6.07) is 3.77. The second-order valence-corrected chi connectivity index (χ2v) is 7.08. The topological polar surface area (TPSA) is 101 Å². The van der Waals surface area contributed by atoms with Crippen LogP contribution in [0.15, 0.2) is 23.1 Å². The van der Waals surface area contributed by atoms with Gasteiger partial charge in [0.05, 0.1) is 10.5 Å². The van der Waals surface area contributed by atoms with E-state index < -0.39 is 16.0 Å². The molecule has 0 fully saturated rings. The van der Waals surface area contributed by atoms with Gasteiger partial charge in [0, 0.05) is 19.3 Å². The lowest BCUT2D eigenvalue weighted by Gasteiger charge is -2.19. The third-order valence-corrected chi connectivity index (χ3v) is 4.84. The summed E-state index contributed by atoms with van der Waals surface area (Å²) in [5.74, 6) is -0.937. The Morgan fingerprint density at radius 1 is 1.40 bits per heavy atom. The Morgan fingerprint density at radius 2 is 2.00 bits per heavy atom. The zero-order chi connectivity index (χ0) is 15.5. The molecule has 0 saturated carbocycles. The van der Waals surface area contributed by atoms with Crippen molar-refractivity contribution in [3.63, 3.8) is 0 Å². The van der Waals surface area contributed by atoms with Crippen molar-refractivity contribution in [1.82, 2.24) is 4.31 Å². The van der Waals surface area contributed by atoms with E-state index in [9.17, 15) is 13.2 Å². The fourth-order valence-corrected chi connectivity index (χ4v) is 3.06. The zero-order valence-corrected chi connectivity index (χ0v) is 12.6. The van der Waals surface area contributed by atoms with Crippen molar-refractivity contribution in [1.29, 1.82) is 0 Å². The van der Waals surface area contributed by atoms with Crippen molar-refractivity contribution in [2.24, 2.45) is 5.92 Å². The lowest BCUT2D eigenvalue weighted by molar-refractivity contribution is 0.0692. The SMILES string of the molecule is CC(C)CCN(C)S(=O)(=O)c1cc(N)ccc1C(=O)O. The van der Waals surface area contributed by atoms with E-state index in [2.05, 4.69) is 0 Å². The van der Waals surface area contributed by atoms with Gasteiger partial charge in [-0.3, -0.25) is 0 Å². The van der Waals surface area contributed by atoms with Crippen LogP contribution >= 0.6 is 0 Å². The van der Waals surface area contributed by atoms with E-state index in [0.717, 1.165) is 4.31 Å². The summed E-state index contributed by atoms with van der Waals surface area (Å²) in [5, 5.41) is 9.10. The number of aromatic carboxylic acids is 1. The summed E-state index contributed by atoms with van der Waals surface area (Å²) in [7, 11) is -2.42. The minimum Gasteiger partial charge on any atom is -0.478 e. The predicted octanol–water partition coefficient (Wildman–Crippen LogP) is 1.63. The number of nitrogens with two attached hydrogens (primary N) is 1. The molecule has 0 saturated heterocycles. The van der Waals surface area contributed by atoms with Crippen LogP contribution in [0.4, 0.5) is 5.69 Å². The van der Waals surface area contributed by atoms with Crippen molar-refractivity contribution >= 4 is 21.7 Å². The van der Waals surface area contributed by atoms with Crippen LogP contribution in [-0.2, 0) is 10.0 Å². The van der Waals surface area contributed by atoms with Gasteiger partial charge in [-0.2, -0.15) is 0 Å². The van der Waals surface area contributed by atoms with Crippen molar-refractivity contribution in [2.45, 2.75) is 25.2 Å². The Morgan fingerprint density at radius 3 is 2.50 bits per heavy atom. The van der Waals surface area contributed by atoms with Crippen LogP contribution in [0, 0.1) is 5.92 Å². The largest absolute Gasteiger partial charge is 0.478 e. The molecule has 0 bridgehead atoms. The van der Waals surface area contributed by atoms with Crippen LogP contribution in [0.25, 0.3) is 0 Å². The molecule has 6 nitrogen and oxygen atoms in total. The van der Waals surface area contributed by atoms with Crippen LogP contribution < -0.4 is 5.73 Å². The normalized spacial score (nSPS) is 12.1. The monoisotopic (exact) mass is 300 g/mol. The molecule has 0 aromatic heterocycles. The number of benzene rings is 1. The van der Waals surface area contributed by atoms with E-state index in [-0.39, 0.29) is 16.1 Å². The molecule has 0 heterocycles.